The number of aromatic amines is 1. The Kier molecular flexibility index (Phi) is 4.40. The van der Waals surface area contributed by atoms with Crippen LogP contribution in [0.15, 0.2) is 53.5 Å². The highest BCUT2D eigenvalue weighted by Gasteiger charge is 2.40. The molecule has 0 unspecified atom stereocenters. The summed E-state index contributed by atoms with van der Waals surface area (Å²) in [5, 5.41) is 12.2. The standard InChI is InChI=1S/C23H23N5O3/c1-13-11-28(21(29)17-10-25-22(31-17)23(2,3)30)20(19-18(13)26-12-27-19)16-8-14-6-4-5-7-15(14)9-24-16/h4-10,12-13,20,30H,11H2,1-3H3,(H,26,27)/t13-,20+/m1/s1. The Hall–Kier alpha value is -3.52. The molecule has 0 saturated carbocycles. The smallest absolute Gasteiger partial charge is 0.292 e. The lowest BCUT2D eigenvalue weighted by atomic mass is 9.92. The van der Waals surface area contributed by atoms with Crippen molar-refractivity contribution in [2.75, 3.05) is 6.54 Å². The van der Waals surface area contributed by atoms with E-state index in [0.717, 1.165) is 27.9 Å². The van der Waals surface area contributed by atoms with Crippen LogP contribution in [0.25, 0.3) is 10.8 Å². The number of hydrogen-bond donors (Lipinski definition) is 2. The number of aliphatic hydroxyl groups is 1. The van der Waals surface area contributed by atoms with Gasteiger partial charge in [-0.2, -0.15) is 0 Å². The minimum absolute atomic E-state index is 0.0647. The molecule has 0 bridgehead atoms. The normalized spacial score (nSPS) is 18.9. The second kappa shape index (κ2) is 7.02. The average Bonchev–Trinajstić information content (AvgIpc) is 3.43. The summed E-state index contributed by atoms with van der Waals surface area (Å²) in [5.41, 5.74) is 1.23. The molecule has 0 aliphatic carbocycles. The molecule has 1 amide bonds. The summed E-state index contributed by atoms with van der Waals surface area (Å²) in [6, 6.07) is 9.50. The third kappa shape index (κ3) is 3.29. The summed E-state index contributed by atoms with van der Waals surface area (Å²) >= 11 is 0. The van der Waals surface area contributed by atoms with Crippen LogP contribution in [0.3, 0.4) is 0 Å². The maximum atomic E-state index is 13.5. The van der Waals surface area contributed by atoms with Gasteiger partial charge >= 0.3 is 0 Å². The maximum absolute atomic E-state index is 13.5. The number of carbonyl (C=O) groups excluding carboxylic acids is 1. The van der Waals surface area contributed by atoms with E-state index < -0.39 is 11.6 Å². The van der Waals surface area contributed by atoms with Gasteiger partial charge in [0.25, 0.3) is 5.91 Å². The lowest BCUT2D eigenvalue weighted by Gasteiger charge is -2.37. The molecular formula is C23H23N5O3. The predicted octanol–water partition coefficient (Wildman–Crippen LogP) is 3.52. The number of hydrogen-bond acceptors (Lipinski definition) is 6. The number of H-pyrrole nitrogens is 1. The van der Waals surface area contributed by atoms with Crippen LogP contribution in [0.2, 0.25) is 0 Å². The van der Waals surface area contributed by atoms with Gasteiger partial charge in [-0.05, 0) is 25.3 Å². The van der Waals surface area contributed by atoms with E-state index in [1.807, 2.05) is 43.5 Å². The quantitative estimate of drug-likeness (QED) is 0.528. The first-order valence-corrected chi connectivity index (χ1v) is 10.2. The Balaban J connectivity index is 1.60. The number of oxazole rings is 1. The molecule has 5 rings (SSSR count). The molecule has 0 fully saturated rings. The molecule has 8 heteroatoms. The van der Waals surface area contributed by atoms with Crippen LogP contribution in [0, 0.1) is 0 Å². The van der Waals surface area contributed by atoms with E-state index in [1.165, 1.54) is 6.20 Å². The molecular weight excluding hydrogens is 394 g/mol. The fourth-order valence-electron chi connectivity index (χ4n) is 4.11. The van der Waals surface area contributed by atoms with Crippen molar-refractivity contribution in [1.82, 2.24) is 24.8 Å². The zero-order valence-corrected chi connectivity index (χ0v) is 17.5. The third-order valence-electron chi connectivity index (χ3n) is 5.67. The van der Waals surface area contributed by atoms with Gasteiger partial charge in [-0.25, -0.2) is 9.97 Å². The fourth-order valence-corrected chi connectivity index (χ4v) is 4.11. The molecule has 4 heterocycles. The number of benzene rings is 1. The van der Waals surface area contributed by atoms with Gasteiger partial charge < -0.3 is 19.4 Å². The first kappa shape index (κ1) is 19.4. The number of imidazole rings is 1. The molecule has 3 aromatic heterocycles. The van der Waals surface area contributed by atoms with Crippen LogP contribution in [0.5, 0.6) is 0 Å². The molecule has 2 N–H and O–H groups in total. The average molecular weight is 417 g/mol. The van der Waals surface area contributed by atoms with E-state index >= 15 is 0 Å². The number of fused-ring (bicyclic) bond motifs is 2. The van der Waals surface area contributed by atoms with E-state index in [9.17, 15) is 9.90 Å². The third-order valence-corrected chi connectivity index (χ3v) is 5.67. The van der Waals surface area contributed by atoms with Crippen molar-refractivity contribution in [1.29, 1.82) is 0 Å². The van der Waals surface area contributed by atoms with Crippen LogP contribution in [0.1, 0.15) is 66.3 Å². The first-order valence-electron chi connectivity index (χ1n) is 10.2. The molecule has 4 aromatic rings. The molecule has 1 aliphatic heterocycles. The van der Waals surface area contributed by atoms with Crippen LogP contribution in [-0.2, 0) is 5.60 Å². The van der Waals surface area contributed by atoms with E-state index in [0.29, 0.717) is 6.54 Å². The maximum Gasteiger partial charge on any atom is 0.292 e. The van der Waals surface area contributed by atoms with Crippen LogP contribution in [0.4, 0.5) is 0 Å². The lowest BCUT2D eigenvalue weighted by Crippen LogP contribution is -2.42. The number of amides is 1. The van der Waals surface area contributed by atoms with Crippen LogP contribution >= 0.6 is 0 Å². The van der Waals surface area contributed by atoms with Crippen molar-refractivity contribution in [3.8, 4) is 0 Å². The highest BCUT2D eigenvalue weighted by Crippen LogP contribution is 2.39. The monoisotopic (exact) mass is 417 g/mol. The summed E-state index contributed by atoms with van der Waals surface area (Å²) in [6.45, 7) is 5.64. The molecule has 0 saturated heterocycles. The van der Waals surface area contributed by atoms with Crippen molar-refractivity contribution in [3.05, 3.63) is 77.8 Å². The summed E-state index contributed by atoms with van der Waals surface area (Å²) in [4.78, 5) is 31.8. The van der Waals surface area contributed by atoms with Gasteiger partial charge in [-0.15, -0.1) is 0 Å². The SMILES string of the molecule is C[C@@H]1CN(C(=O)c2cnc(C(C)(C)O)o2)[C@@H](c2cc3ccccc3cn2)c2nc[nH]c21. The topological polar surface area (TPSA) is 108 Å². The lowest BCUT2D eigenvalue weighted by molar-refractivity contribution is 0.0437. The molecule has 1 aromatic carbocycles. The van der Waals surface area contributed by atoms with Gasteiger partial charge in [0.2, 0.25) is 11.7 Å². The fraction of sp³-hybridized carbons (Fsp3) is 0.304. The summed E-state index contributed by atoms with van der Waals surface area (Å²) < 4.78 is 5.62. The van der Waals surface area contributed by atoms with Gasteiger partial charge in [0, 0.05) is 29.7 Å². The van der Waals surface area contributed by atoms with E-state index in [2.05, 4.69) is 19.9 Å². The molecule has 0 radical (unpaired) electrons. The molecule has 8 nitrogen and oxygen atoms in total. The van der Waals surface area contributed by atoms with Gasteiger partial charge in [0.1, 0.15) is 11.6 Å². The number of nitrogens with one attached hydrogen (secondary N) is 1. The number of nitrogens with zero attached hydrogens (tertiary/aromatic N) is 4. The van der Waals surface area contributed by atoms with Crippen molar-refractivity contribution < 1.29 is 14.3 Å². The van der Waals surface area contributed by atoms with Crippen molar-refractivity contribution in [3.63, 3.8) is 0 Å². The largest absolute Gasteiger partial charge is 0.432 e. The van der Waals surface area contributed by atoms with Crippen molar-refractivity contribution in [2.24, 2.45) is 0 Å². The molecule has 1 aliphatic rings. The van der Waals surface area contributed by atoms with E-state index in [-0.39, 0.29) is 23.5 Å². The van der Waals surface area contributed by atoms with Crippen molar-refractivity contribution >= 4 is 16.7 Å². The number of pyridine rings is 1. The Morgan fingerprint density at radius 3 is 2.71 bits per heavy atom. The zero-order valence-electron chi connectivity index (χ0n) is 17.5. The molecule has 0 spiro atoms. The molecule has 2 atom stereocenters. The molecule has 158 valence electrons. The second-order valence-electron chi connectivity index (χ2n) is 8.51. The molecule has 31 heavy (non-hydrogen) atoms. The zero-order chi connectivity index (χ0) is 21.8. The second-order valence-corrected chi connectivity index (χ2v) is 8.51. The minimum Gasteiger partial charge on any atom is -0.432 e. The Labute approximate surface area is 179 Å². The van der Waals surface area contributed by atoms with Crippen LogP contribution < -0.4 is 0 Å². The van der Waals surface area contributed by atoms with Gasteiger partial charge in [-0.1, -0.05) is 31.2 Å². The number of carbonyl (C=O) groups is 1. The Bertz CT molecular complexity index is 1270. The van der Waals surface area contributed by atoms with Gasteiger partial charge in [-0.3, -0.25) is 9.78 Å². The minimum atomic E-state index is -1.28. The first-order chi connectivity index (χ1) is 14.8. The van der Waals surface area contributed by atoms with E-state index in [4.69, 9.17) is 4.42 Å². The Morgan fingerprint density at radius 1 is 1.19 bits per heavy atom. The highest BCUT2D eigenvalue weighted by molar-refractivity contribution is 5.92. The van der Waals surface area contributed by atoms with Gasteiger partial charge in [0.05, 0.1) is 23.9 Å². The Morgan fingerprint density at radius 2 is 1.97 bits per heavy atom. The summed E-state index contributed by atoms with van der Waals surface area (Å²) in [6.07, 6.45) is 4.84. The number of aromatic nitrogens is 4. The highest BCUT2D eigenvalue weighted by atomic mass is 16.4. The summed E-state index contributed by atoms with van der Waals surface area (Å²) in [7, 11) is 0. The van der Waals surface area contributed by atoms with Gasteiger partial charge in [0.15, 0.2) is 0 Å². The van der Waals surface area contributed by atoms with E-state index in [1.54, 1.807) is 25.1 Å². The van der Waals surface area contributed by atoms with Crippen molar-refractivity contribution in [2.45, 2.75) is 38.3 Å². The predicted molar refractivity (Wildman–Crippen MR) is 113 cm³/mol. The summed E-state index contributed by atoms with van der Waals surface area (Å²) in [5.74, 6) is -0.0749. The number of rotatable bonds is 3. The van der Waals surface area contributed by atoms with Crippen LogP contribution in [-0.4, -0.2) is 42.4 Å².